The first-order chi connectivity index (χ1) is 22.9. The molecule has 11 nitrogen and oxygen atoms in total. The van der Waals surface area contributed by atoms with Crippen molar-refractivity contribution in [1.82, 2.24) is 10.6 Å². The summed E-state index contributed by atoms with van der Waals surface area (Å²) in [4.78, 5) is 65.6. The minimum absolute atomic E-state index is 0.0911. The lowest BCUT2D eigenvalue weighted by molar-refractivity contribution is -0.156. The number of benzene rings is 4. The number of fused-ring (bicyclic) bond motifs is 1. The zero-order valence-electron chi connectivity index (χ0n) is 27.0. The third-order valence-corrected chi connectivity index (χ3v) is 7.18. The summed E-state index contributed by atoms with van der Waals surface area (Å²) in [5.41, 5.74) is 1.03. The molecule has 4 aromatic rings. The van der Waals surface area contributed by atoms with Crippen molar-refractivity contribution < 1.29 is 33.4 Å². The number of carbonyl (C=O) groups is 5. The van der Waals surface area contributed by atoms with E-state index in [1.165, 1.54) is 43.5 Å². The van der Waals surface area contributed by atoms with Crippen molar-refractivity contribution >= 4 is 46.1 Å². The molecular weight excluding hydrogens is 612 g/mol. The second-order valence-corrected chi connectivity index (χ2v) is 12.0. The molecule has 48 heavy (non-hydrogen) atoms. The maximum Gasteiger partial charge on any atom is 0.328 e. The van der Waals surface area contributed by atoms with Crippen molar-refractivity contribution in [3.8, 4) is 6.07 Å². The Morgan fingerprint density at radius 1 is 0.792 bits per heavy atom. The van der Waals surface area contributed by atoms with Crippen LogP contribution < -0.4 is 16.0 Å². The molecule has 0 aromatic heterocycles. The Hall–Kier alpha value is -6.02. The first kappa shape index (κ1) is 34.8. The normalized spacial score (nSPS) is 12.1. The van der Waals surface area contributed by atoms with Crippen LogP contribution in [0.4, 0.5) is 5.69 Å². The van der Waals surface area contributed by atoms with Crippen molar-refractivity contribution in [3.05, 3.63) is 113 Å². The first-order valence-corrected chi connectivity index (χ1v) is 15.2. The van der Waals surface area contributed by atoms with Crippen LogP contribution in [-0.4, -0.2) is 54.5 Å². The van der Waals surface area contributed by atoms with E-state index in [0.29, 0.717) is 16.8 Å². The lowest BCUT2D eigenvalue weighted by Crippen LogP contribution is -2.53. The molecule has 0 heterocycles. The number of nitriles is 1. The summed E-state index contributed by atoms with van der Waals surface area (Å²) in [6.45, 7) is 5.02. The number of carbonyl (C=O) groups excluding carboxylic acids is 5. The second-order valence-electron chi connectivity index (χ2n) is 12.0. The molecule has 246 valence electrons. The molecule has 0 saturated carbocycles. The number of amides is 3. The Kier molecular flexibility index (Phi) is 11.3. The van der Waals surface area contributed by atoms with Gasteiger partial charge in [-0.3, -0.25) is 19.2 Å². The predicted octanol–water partition coefficient (Wildman–Crippen LogP) is 4.69. The number of esters is 2. The molecule has 2 atom stereocenters. The van der Waals surface area contributed by atoms with Crippen molar-refractivity contribution in [1.29, 1.82) is 5.26 Å². The van der Waals surface area contributed by atoms with E-state index in [1.54, 1.807) is 32.9 Å². The molecule has 0 aliphatic rings. The summed E-state index contributed by atoms with van der Waals surface area (Å²) in [6.07, 6.45) is -0.431. The van der Waals surface area contributed by atoms with Crippen molar-refractivity contribution in [2.75, 3.05) is 12.4 Å². The highest BCUT2D eigenvalue weighted by atomic mass is 16.6. The van der Waals surface area contributed by atoms with Gasteiger partial charge in [0, 0.05) is 23.2 Å². The quantitative estimate of drug-likeness (QED) is 0.197. The van der Waals surface area contributed by atoms with Crippen LogP contribution in [0.5, 0.6) is 0 Å². The van der Waals surface area contributed by atoms with E-state index in [1.807, 2.05) is 48.5 Å². The van der Waals surface area contributed by atoms with E-state index >= 15 is 0 Å². The van der Waals surface area contributed by atoms with Crippen molar-refractivity contribution in [2.45, 2.75) is 51.3 Å². The van der Waals surface area contributed by atoms with Crippen LogP contribution in [0.1, 0.15) is 59.0 Å². The Morgan fingerprint density at radius 3 is 2.17 bits per heavy atom. The Balaban J connectivity index is 1.54. The van der Waals surface area contributed by atoms with Gasteiger partial charge in [-0.15, -0.1) is 0 Å². The maximum absolute atomic E-state index is 13.7. The Morgan fingerprint density at radius 2 is 1.48 bits per heavy atom. The monoisotopic (exact) mass is 648 g/mol. The number of hydrogen-bond acceptors (Lipinski definition) is 8. The summed E-state index contributed by atoms with van der Waals surface area (Å²) in [5, 5.41) is 18.8. The minimum atomic E-state index is -1.43. The Bertz CT molecular complexity index is 1870. The van der Waals surface area contributed by atoms with Gasteiger partial charge in [-0.25, -0.2) is 4.79 Å². The number of anilines is 1. The van der Waals surface area contributed by atoms with E-state index in [4.69, 9.17) is 14.7 Å². The summed E-state index contributed by atoms with van der Waals surface area (Å²) in [7, 11) is 1.21. The highest BCUT2D eigenvalue weighted by Crippen LogP contribution is 2.21. The van der Waals surface area contributed by atoms with Crippen LogP contribution in [0.3, 0.4) is 0 Å². The number of nitrogens with one attached hydrogen (secondary N) is 3. The molecule has 4 aromatic carbocycles. The number of hydrogen-bond donors (Lipinski definition) is 3. The van der Waals surface area contributed by atoms with Gasteiger partial charge in [-0.2, -0.15) is 5.26 Å². The maximum atomic E-state index is 13.7. The smallest absolute Gasteiger partial charge is 0.328 e. The number of ether oxygens (including phenoxy) is 2. The standard InChI is InChI=1S/C37H36N4O7/c1-37(2,3)48-32(42)21-30(35(45)41-31(36(46)47-4)20-26-11-7-10-24-9-5-6-14-29(24)26)40-34(44)27-12-8-13-28(19-27)39-33(43)25-17-15-23(22-38)16-18-25/h5-19,30-31H,20-21H2,1-4H3,(H,39,43)(H,40,44)(H,41,45)/t30-,31-/m0/s1. The van der Waals surface area contributed by atoms with Gasteiger partial charge in [-0.1, -0.05) is 48.5 Å². The van der Waals surface area contributed by atoms with Gasteiger partial charge in [0.25, 0.3) is 11.8 Å². The van der Waals surface area contributed by atoms with Crippen LogP contribution in [0.15, 0.2) is 91.0 Å². The average Bonchev–Trinajstić information content (AvgIpc) is 3.06. The van der Waals surface area contributed by atoms with Gasteiger partial charge >= 0.3 is 11.9 Å². The largest absolute Gasteiger partial charge is 0.467 e. The molecule has 3 N–H and O–H groups in total. The molecular formula is C37H36N4O7. The van der Waals surface area contributed by atoms with Gasteiger partial charge in [0.1, 0.15) is 17.7 Å². The third-order valence-electron chi connectivity index (χ3n) is 7.18. The topological polar surface area (TPSA) is 164 Å². The number of nitrogens with zero attached hydrogens (tertiary/aromatic N) is 1. The van der Waals surface area contributed by atoms with Gasteiger partial charge < -0.3 is 25.4 Å². The highest BCUT2D eigenvalue weighted by Gasteiger charge is 2.31. The van der Waals surface area contributed by atoms with E-state index in [9.17, 15) is 24.0 Å². The molecule has 0 spiro atoms. The van der Waals surface area contributed by atoms with Gasteiger partial charge in [-0.05, 0) is 79.6 Å². The fourth-order valence-corrected chi connectivity index (χ4v) is 4.94. The molecule has 3 amide bonds. The van der Waals surface area contributed by atoms with Crippen molar-refractivity contribution in [2.24, 2.45) is 0 Å². The summed E-state index contributed by atoms with van der Waals surface area (Å²) in [6, 6.07) is 24.7. The first-order valence-electron chi connectivity index (χ1n) is 15.2. The molecule has 4 rings (SSSR count). The summed E-state index contributed by atoms with van der Waals surface area (Å²) in [5.74, 6) is -3.41. The molecule has 0 bridgehead atoms. The molecule has 11 heteroatoms. The van der Waals surface area contributed by atoms with Gasteiger partial charge in [0.2, 0.25) is 5.91 Å². The molecule has 0 fully saturated rings. The van der Waals surface area contributed by atoms with E-state index in [-0.39, 0.29) is 12.0 Å². The predicted molar refractivity (Wildman–Crippen MR) is 179 cm³/mol. The van der Waals surface area contributed by atoms with E-state index < -0.39 is 53.8 Å². The summed E-state index contributed by atoms with van der Waals surface area (Å²) < 4.78 is 10.4. The lowest BCUT2D eigenvalue weighted by Gasteiger charge is -2.24. The number of methoxy groups -OCH3 is 1. The van der Waals surface area contributed by atoms with E-state index in [2.05, 4.69) is 16.0 Å². The fourth-order valence-electron chi connectivity index (χ4n) is 4.94. The van der Waals surface area contributed by atoms with Crippen LogP contribution in [0.2, 0.25) is 0 Å². The second kappa shape index (κ2) is 15.5. The number of rotatable bonds is 11. The fraction of sp³-hybridized carbons (Fsp3) is 0.243. The lowest BCUT2D eigenvalue weighted by atomic mass is 9.98. The van der Waals surface area contributed by atoms with Gasteiger partial charge in [0.05, 0.1) is 25.2 Å². The van der Waals surface area contributed by atoms with Crippen LogP contribution in [0.25, 0.3) is 10.8 Å². The van der Waals surface area contributed by atoms with Crippen LogP contribution >= 0.6 is 0 Å². The van der Waals surface area contributed by atoms with E-state index in [0.717, 1.165) is 16.3 Å². The van der Waals surface area contributed by atoms with Crippen LogP contribution in [0, 0.1) is 11.3 Å². The SMILES string of the molecule is COC(=O)[C@H](Cc1cccc2ccccc12)NC(=O)[C@H](CC(=O)OC(C)(C)C)NC(=O)c1cccc(NC(=O)c2ccc(C#N)cc2)c1. The third kappa shape index (κ3) is 9.50. The minimum Gasteiger partial charge on any atom is -0.467 e. The molecule has 0 unspecified atom stereocenters. The summed E-state index contributed by atoms with van der Waals surface area (Å²) >= 11 is 0. The Labute approximate surface area is 278 Å². The molecule has 0 saturated heterocycles. The van der Waals surface area contributed by atoms with Crippen molar-refractivity contribution in [3.63, 3.8) is 0 Å². The van der Waals surface area contributed by atoms with Gasteiger partial charge in [0.15, 0.2) is 0 Å². The average molecular weight is 649 g/mol. The van der Waals surface area contributed by atoms with Crippen LogP contribution in [-0.2, 0) is 30.3 Å². The molecule has 0 aliphatic carbocycles. The zero-order valence-corrected chi connectivity index (χ0v) is 27.0. The molecule has 0 aliphatic heterocycles. The molecule has 0 radical (unpaired) electrons. The zero-order chi connectivity index (χ0) is 34.8. The highest BCUT2D eigenvalue weighted by molar-refractivity contribution is 6.05.